The van der Waals surface area contributed by atoms with Gasteiger partial charge in [0.2, 0.25) is 5.88 Å². The summed E-state index contributed by atoms with van der Waals surface area (Å²) in [5.41, 5.74) is 2.85. The normalized spacial score (nSPS) is 10.4. The Hall–Kier alpha value is -2.62. The van der Waals surface area contributed by atoms with E-state index < -0.39 is 0 Å². The second kappa shape index (κ2) is 5.57. The van der Waals surface area contributed by atoms with Crippen LogP contribution in [0, 0.1) is 0 Å². The van der Waals surface area contributed by atoms with E-state index in [1.807, 2.05) is 36.4 Å². The average Bonchev–Trinajstić information content (AvgIpc) is 2.53. The number of fused-ring (bicyclic) bond motifs is 1. The molecule has 2 aromatic heterocycles. The fraction of sp³-hybridized carbons (Fsp3) is 0.125. The molecule has 20 heavy (non-hydrogen) atoms. The second-order valence-electron chi connectivity index (χ2n) is 4.41. The highest BCUT2D eigenvalue weighted by Gasteiger charge is 2.03. The zero-order valence-electron chi connectivity index (χ0n) is 11.2. The molecule has 1 aromatic carbocycles. The first kappa shape index (κ1) is 12.4. The molecule has 4 nitrogen and oxygen atoms in total. The molecule has 0 unspecified atom stereocenters. The molecule has 0 radical (unpaired) electrons. The fourth-order valence-electron chi connectivity index (χ4n) is 2.08. The van der Waals surface area contributed by atoms with Crippen molar-refractivity contribution < 1.29 is 4.74 Å². The highest BCUT2D eigenvalue weighted by Crippen LogP contribution is 2.20. The fourth-order valence-corrected chi connectivity index (χ4v) is 2.08. The van der Waals surface area contributed by atoms with Crippen LogP contribution in [0.5, 0.6) is 5.88 Å². The van der Waals surface area contributed by atoms with Crippen molar-refractivity contribution in [2.75, 3.05) is 12.4 Å². The van der Waals surface area contributed by atoms with Crippen LogP contribution in [0.2, 0.25) is 0 Å². The minimum atomic E-state index is 0.591. The van der Waals surface area contributed by atoms with E-state index in [0.717, 1.165) is 22.3 Å². The Balaban J connectivity index is 1.79. The maximum atomic E-state index is 5.21. The van der Waals surface area contributed by atoms with Gasteiger partial charge in [-0.25, -0.2) is 4.98 Å². The Labute approximate surface area is 117 Å². The van der Waals surface area contributed by atoms with E-state index in [4.69, 9.17) is 4.74 Å². The number of nitrogens with one attached hydrogen (secondary N) is 1. The molecule has 100 valence electrons. The summed E-state index contributed by atoms with van der Waals surface area (Å²) < 4.78 is 5.21. The zero-order valence-corrected chi connectivity index (χ0v) is 11.2. The number of benzene rings is 1. The first-order valence-electron chi connectivity index (χ1n) is 6.44. The van der Waals surface area contributed by atoms with Gasteiger partial charge in [0.1, 0.15) is 0 Å². The number of anilines is 1. The van der Waals surface area contributed by atoms with Crippen molar-refractivity contribution in [1.82, 2.24) is 9.97 Å². The van der Waals surface area contributed by atoms with Gasteiger partial charge in [-0.05, 0) is 24.3 Å². The highest BCUT2D eigenvalue weighted by atomic mass is 16.5. The molecular formula is C16H15N3O. The number of para-hydroxylation sites is 1. The van der Waals surface area contributed by atoms with Crippen LogP contribution in [0.1, 0.15) is 5.69 Å². The topological polar surface area (TPSA) is 47.0 Å². The van der Waals surface area contributed by atoms with Gasteiger partial charge in [0.05, 0.1) is 30.6 Å². The third-order valence-corrected chi connectivity index (χ3v) is 3.08. The van der Waals surface area contributed by atoms with Crippen LogP contribution < -0.4 is 10.1 Å². The molecule has 0 saturated carbocycles. The molecule has 0 aliphatic carbocycles. The van der Waals surface area contributed by atoms with Crippen LogP contribution >= 0.6 is 0 Å². The van der Waals surface area contributed by atoms with Crippen molar-refractivity contribution in [3.63, 3.8) is 0 Å². The molecule has 0 spiro atoms. The molecule has 0 fully saturated rings. The Kier molecular flexibility index (Phi) is 3.46. The van der Waals surface area contributed by atoms with Crippen LogP contribution in [-0.4, -0.2) is 17.1 Å². The first-order chi connectivity index (χ1) is 9.86. The molecular weight excluding hydrogens is 250 g/mol. The lowest BCUT2D eigenvalue weighted by Gasteiger charge is -2.09. The number of nitrogens with zero attached hydrogens (tertiary/aromatic N) is 2. The minimum absolute atomic E-state index is 0.591. The van der Waals surface area contributed by atoms with Crippen LogP contribution in [-0.2, 0) is 6.54 Å². The van der Waals surface area contributed by atoms with Crippen molar-refractivity contribution in [2.45, 2.75) is 6.54 Å². The van der Waals surface area contributed by atoms with E-state index in [0.29, 0.717) is 12.4 Å². The summed E-state index contributed by atoms with van der Waals surface area (Å²) in [6.07, 6.45) is 1.71. The second-order valence-corrected chi connectivity index (χ2v) is 4.41. The molecule has 0 aliphatic rings. The lowest BCUT2D eigenvalue weighted by atomic mass is 10.2. The molecule has 0 bridgehead atoms. The summed E-state index contributed by atoms with van der Waals surface area (Å²) in [4.78, 5) is 8.78. The van der Waals surface area contributed by atoms with Gasteiger partial charge in [0.25, 0.3) is 0 Å². The van der Waals surface area contributed by atoms with E-state index in [-0.39, 0.29) is 0 Å². The standard InChI is InChI=1S/C16H15N3O/c1-20-16-15(7-4-10-17-16)18-11-13-9-8-12-5-2-3-6-14(12)19-13/h2-10,18H,11H2,1H3. The number of hydrogen-bond acceptors (Lipinski definition) is 4. The Bertz CT molecular complexity index is 727. The number of ether oxygens (including phenoxy) is 1. The maximum Gasteiger partial charge on any atom is 0.237 e. The van der Waals surface area contributed by atoms with Crippen molar-refractivity contribution >= 4 is 16.6 Å². The van der Waals surface area contributed by atoms with Gasteiger partial charge in [-0.1, -0.05) is 24.3 Å². The number of methoxy groups -OCH3 is 1. The summed E-state index contributed by atoms with van der Waals surface area (Å²) in [6.45, 7) is 0.632. The predicted octanol–water partition coefficient (Wildman–Crippen LogP) is 3.25. The van der Waals surface area contributed by atoms with Gasteiger partial charge in [0, 0.05) is 11.6 Å². The Morgan fingerprint density at radius 3 is 2.85 bits per heavy atom. The van der Waals surface area contributed by atoms with Crippen molar-refractivity contribution in [3.8, 4) is 5.88 Å². The van der Waals surface area contributed by atoms with Crippen molar-refractivity contribution in [2.24, 2.45) is 0 Å². The van der Waals surface area contributed by atoms with E-state index in [9.17, 15) is 0 Å². The molecule has 2 heterocycles. The van der Waals surface area contributed by atoms with Crippen LogP contribution in [0.25, 0.3) is 10.9 Å². The van der Waals surface area contributed by atoms with Gasteiger partial charge in [0.15, 0.2) is 0 Å². The first-order valence-corrected chi connectivity index (χ1v) is 6.44. The van der Waals surface area contributed by atoms with E-state index in [2.05, 4.69) is 27.4 Å². The number of pyridine rings is 2. The van der Waals surface area contributed by atoms with Gasteiger partial charge < -0.3 is 10.1 Å². The van der Waals surface area contributed by atoms with Gasteiger partial charge in [-0.3, -0.25) is 4.98 Å². The molecule has 0 atom stereocenters. The van der Waals surface area contributed by atoms with Crippen LogP contribution in [0.15, 0.2) is 54.7 Å². The quantitative estimate of drug-likeness (QED) is 0.786. The van der Waals surface area contributed by atoms with Gasteiger partial charge in [-0.15, -0.1) is 0 Å². The summed E-state index contributed by atoms with van der Waals surface area (Å²) in [5.74, 6) is 0.591. The van der Waals surface area contributed by atoms with Gasteiger partial charge >= 0.3 is 0 Å². The lowest BCUT2D eigenvalue weighted by Crippen LogP contribution is -2.03. The molecule has 0 amide bonds. The van der Waals surface area contributed by atoms with Crippen LogP contribution in [0.4, 0.5) is 5.69 Å². The summed E-state index contributed by atoms with van der Waals surface area (Å²) in [5, 5.41) is 4.44. The van der Waals surface area contributed by atoms with Crippen LogP contribution in [0.3, 0.4) is 0 Å². The number of hydrogen-bond donors (Lipinski definition) is 1. The molecule has 3 rings (SSSR count). The monoisotopic (exact) mass is 265 g/mol. The highest BCUT2D eigenvalue weighted by molar-refractivity contribution is 5.78. The minimum Gasteiger partial charge on any atom is -0.480 e. The maximum absolute atomic E-state index is 5.21. The largest absolute Gasteiger partial charge is 0.480 e. The number of aromatic nitrogens is 2. The Morgan fingerprint density at radius 1 is 1.05 bits per heavy atom. The molecule has 3 aromatic rings. The van der Waals surface area contributed by atoms with E-state index >= 15 is 0 Å². The summed E-state index contributed by atoms with van der Waals surface area (Å²) in [6, 6.07) is 16.0. The average molecular weight is 265 g/mol. The van der Waals surface area contributed by atoms with Crippen molar-refractivity contribution in [3.05, 3.63) is 60.4 Å². The molecule has 0 aliphatic heterocycles. The summed E-state index contributed by atoms with van der Waals surface area (Å²) in [7, 11) is 1.61. The SMILES string of the molecule is COc1ncccc1NCc1ccc2ccccc2n1. The Morgan fingerprint density at radius 2 is 1.95 bits per heavy atom. The lowest BCUT2D eigenvalue weighted by molar-refractivity contribution is 0.399. The molecule has 1 N–H and O–H groups in total. The smallest absolute Gasteiger partial charge is 0.237 e. The zero-order chi connectivity index (χ0) is 13.8. The molecule has 4 heteroatoms. The third-order valence-electron chi connectivity index (χ3n) is 3.08. The van der Waals surface area contributed by atoms with E-state index in [1.165, 1.54) is 0 Å². The third kappa shape index (κ3) is 2.54. The predicted molar refractivity (Wildman–Crippen MR) is 79.9 cm³/mol. The molecule has 0 saturated heterocycles. The number of rotatable bonds is 4. The summed E-state index contributed by atoms with van der Waals surface area (Å²) >= 11 is 0. The van der Waals surface area contributed by atoms with Crippen molar-refractivity contribution in [1.29, 1.82) is 0 Å². The van der Waals surface area contributed by atoms with E-state index in [1.54, 1.807) is 13.3 Å². The van der Waals surface area contributed by atoms with Gasteiger partial charge in [-0.2, -0.15) is 0 Å².